The fraction of sp³-hybridized carbons (Fsp3) is 0.250. The molecule has 1 radical (unpaired) electrons. The molecule has 0 heterocycles. The number of rotatable bonds is 3. The minimum atomic E-state index is 0.845. The number of hydrogen-bond donors (Lipinski definition) is 1. The van der Waals surface area contributed by atoms with Crippen LogP contribution in [0.3, 0.4) is 0 Å². The van der Waals surface area contributed by atoms with Crippen LogP contribution in [0.2, 0.25) is 0 Å². The summed E-state index contributed by atoms with van der Waals surface area (Å²) in [5.74, 6) is 5.53. The Morgan fingerprint density at radius 3 is 2.62 bits per heavy atom. The van der Waals surface area contributed by atoms with E-state index in [0.29, 0.717) is 0 Å². The van der Waals surface area contributed by atoms with Gasteiger partial charge in [0.25, 0.3) is 0 Å². The Morgan fingerprint density at radius 2 is 2.00 bits per heavy atom. The van der Waals surface area contributed by atoms with Gasteiger partial charge in [0.1, 0.15) is 0 Å². The first-order chi connectivity index (χ1) is 6.33. The molecule has 1 rings (SSSR count). The Bertz CT molecular complexity index is 300. The van der Waals surface area contributed by atoms with Gasteiger partial charge in [-0.1, -0.05) is 17.7 Å². The molecule has 1 aromatic rings. The van der Waals surface area contributed by atoms with Crippen LogP contribution in [0.1, 0.15) is 12.0 Å². The summed E-state index contributed by atoms with van der Waals surface area (Å²) in [4.78, 5) is 0. The maximum absolute atomic E-state index is 3.45. The third kappa shape index (κ3) is 3.66. The molecule has 0 spiro atoms. The summed E-state index contributed by atoms with van der Waals surface area (Å²) in [6.45, 7) is 6.41. The van der Waals surface area contributed by atoms with Crippen LogP contribution in [0, 0.1) is 25.7 Å². The highest BCUT2D eigenvalue weighted by molar-refractivity contribution is 5.44. The largest absolute Gasteiger partial charge is 0.384 e. The van der Waals surface area contributed by atoms with Crippen LogP contribution >= 0.6 is 0 Å². The summed E-state index contributed by atoms with van der Waals surface area (Å²) in [5.41, 5.74) is 2.43. The number of aryl methyl sites for hydroxylation is 1. The lowest BCUT2D eigenvalue weighted by molar-refractivity contribution is 1.10. The fourth-order valence-corrected chi connectivity index (χ4v) is 1.03. The number of benzene rings is 1. The molecule has 1 N–H and O–H groups in total. The van der Waals surface area contributed by atoms with Crippen LogP contribution < -0.4 is 5.32 Å². The molecule has 0 aromatic heterocycles. The highest BCUT2D eigenvalue weighted by Crippen LogP contribution is 2.07. The van der Waals surface area contributed by atoms with Crippen LogP contribution in [0.15, 0.2) is 24.3 Å². The van der Waals surface area contributed by atoms with Gasteiger partial charge in [0.2, 0.25) is 0 Å². The summed E-state index contributed by atoms with van der Waals surface area (Å²) < 4.78 is 0. The van der Waals surface area contributed by atoms with E-state index in [1.54, 1.807) is 0 Å². The second kappa shape index (κ2) is 5.27. The van der Waals surface area contributed by atoms with E-state index >= 15 is 0 Å². The van der Waals surface area contributed by atoms with Gasteiger partial charge >= 0.3 is 0 Å². The molecule has 1 aromatic carbocycles. The van der Waals surface area contributed by atoms with Gasteiger partial charge in [0.15, 0.2) is 0 Å². The molecular weight excluding hydrogens is 158 g/mol. The summed E-state index contributed by atoms with van der Waals surface area (Å²) in [7, 11) is 0. The van der Waals surface area contributed by atoms with Crippen molar-refractivity contribution in [2.45, 2.75) is 13.3 Å². The first-order valence-corrected chi connectivity index (χ1v) is 4.38. The Hall–Kier alpha value is -1.42. The molecule has 0 saturated carbocycles. The van der Waals surface area contributed by atoms with Crippen LogP contribution in [0.4, 0.5) is 5.69 Å². The van der Waals surface area contributed by atoms with Gasteiger partial charge in [-0.2, -0.15) is 0 Å². The average Bonchev–Trinajstić information content (AvgIpc) is 2.15. The van der Waals surface area contributed by atoms with E-state index in [4.69, 9.17) is 0 Å². The van der Waals surface area contributed by atoms with Gasteiger partial charge in [-0.3, -0.25) is 0 Å². The average molecular weight is 172 g/mol. The molecule has 13 heavy (non-hydrogen) atoms. The molecule has 1 nitrogen and oxygen atoms in total. The summed E-state index contributed by atoms with van der Waals surface area (Å²) >= 11 is 0. The highest BCUT2D eigenvalue weighted by Gasteiger charge is 1.88. The van der Waals surface area contributed by atoms with Crippen LogP contribution in [0.25, 0.3) is 0 Å². The van der Waals surface area contributed by atoms with Gasteiger partial charge < -0.3 is 5.32 Å². The lowest BCUT2D eigenvalue weighted by atomic mass is 10.2. The van der Waals surface area contributed by atoms with Crippen molar-refractivity contribution >= 4 is 5.69 Å². The Balaban J connectivity index is 2.36. The topological polar surface area (TPSA) is 12.0 Å². The van der Waals surface area contributed by atoms with E-state index < -0.39 is 0 Å². The zero-order chi connectivity index (χ0) is 9.52. The van der Waals surface area contributed by atoms with Gasteiger partial charge in [-0.25, -0.2) is 0 Å². The van der Waals surface area contributed by atoms with Crippen molar-refractivity contribution < 1.29 is 0 Å². The zero-order valence-electron chi connectivity index (χ0n) is 7.93. The third-order valence-corrected chi connectivity index (χ3v) is 1.76. The van der Waals surface area contributed by atoms with Crippen molar-refractivity contribution in [3.05, 3.63) is 36.8 Å². The molecule has 0 bridgehead atoms. The first-order valence-electron chi connectivity index (χ1n) is 4.38. The second-order valence-corrected chi connectivity index (χ2v) is 2.90. The predicted molar refractivity (Wildman–Crippen MR) is 57.4 cm³/mol. The molecule has 0 atom stereocenters. The minimum absolute atomic E-state index is 0.845. The molecule has 0 amide bonds. The van der Waals surface area contributed by atoms with Crippen LogP contribution in [-0.2, 0) is 0 Å². The SMILES string of the molecule is [CH2]C#CCCNc1ccc(C)cc1. The van der Waals surface area contributed by atoms with E-state index in [-0.39, 0.29) is 0 Å². The van der Waals surface area contributed by atoms with E-state index in [1.807, 2.05) is 0 Å². The van der Waals surface area contributed by atoms with E-state index in [9.17, 15) is 0 Å². The minimum Gasteiger partial charge on any atom is -0.384 e. The molecule has 0 unspecified atom stereocenters. The lowest BCUT2D eigenvalue weighted by Gasteiger charge is -2.03. The maximum Gasteiger partial charge on any atom is 0.0340 e. The molecule has 0 aliphatic heterocycles. The number of nitrogens with one attached hydrogen (secondary N) is 1. The molecule has 67 valence electrons. The zero-order valence-corrected chi connectivity index (χ0v) is 7.93. The first kappa shape index (κ1) is 9.67. The van der Waals surface area contributed by atoms with Crippen molar-refractivity contribution in [1.29, 1.82) is 0 Å². The van der Waals surface area contributed by atoms with Crippen molar-refractivity contribution in [2.24, 2.45) is 0 Å². The molecular formula is C12H14N. The molecule has 0 fully saturated rings. The summed E-state index contributed by atoms with van der Waals surface area (Å²) in [6.07, 6.45) is 0.845. The van der Waals surface area contributed by atoms with Gasteiger partial charge in [0, 0.05) is 25.6 Å². The van der Waals surface area contributed by atoms with Gasteiger partial charge in [-0.05, 0) is 19.1 Å². The van der Waals surface area contributed by atoms with Crippen molar-refractivity contribution in [3.63, 3.8) is 0 Å². The van der Waals surface area contributed by atoms with Crippen molar-refractivity contribution in [3.8, 4) is 11.8 Å². The highest BCUT2D eigenvalue weighted by atomic mass is 14.9. The van der Waals surface area contributed by atoms with Gasteiger partial charge in [-0.15, -0.1) is 11.8 Å². The summed E-state index contributed by atoms with van der Waals surface area (Å²) in [5, 5.41) is 3.28. The van der Waals surface area contributed by atoms with Crippen molar-refractivity contribution in [1.82, 2.24) is 0 Å². The van der Waals surface area contributed by atoms with Gasteiger partial charge in [0.05, 0.1) is 0 Å². The lowest BCUT2D eigenvalue weighted by Crippen LogP contribution is -1.99. The molecule has 0 aliphatic rings. The standard InChI is InChI=1S/C12H14N/c1-3-4-5-10-13-12-8-6-11(2)7-9-12/h6-9,13H,1,5,10H2,2H3. The van der Waals surface area contributed by atoms with E-state index in [0.717, 1.165) is 18.7 Å². The Kier molecular flexibility index (Phi) is 3.92. The second-order valence-electron chi connectivity index (χ2n) is 2.90. The smallest absolute Gasteiger partial charge is 0.0340 e. The molecule has 1 heteroatoms. The molecule has 0 aliphatic carbocycles. The monoisotopic (exact) mass is 172 g/mol. The maximum atomic E-state index is 3.45. The van der Waals surface area contributed by atoms with Crippen LogP contribution in [-0.4, -0.2) is 6.54 Å². The number of hydrogen-bond acceptors (Lipinski definition) is 1. The van der Waals surface area contributed by atoms with E-state index in [2.05, 4.69) is 55.3 Å². The number of anilines is 1. The Morgan fingerprint density at radius 1 is 1.31 bits per heavy atom. The fourth-order valence-electron chi connectivity index (χ4n) is 1.03. The predicted octanol–water partition coefficient (Wildman–Crippen LogP) is 2.63. The summed E-state index contributed by atoms with van der Waals surface area (Å²) in [6, 6.07) is 8.34. The Labute approximate surface area is 80.2 Å². The third-order valence-electron chi connectivity index (χ3n) is 1.76. The normalized spacial score (nSPS) is 8.77. The van der Waals surface area contributed by atoms with E-state index in [1.165, 1.54) is 5.56 Å². The van der Waals surface area contributed by atoms with Crippen LogP contribution in [0.5, 0.6) is 0 Å². The quantitative estimate of drug-likeness (QED) is 0.546. The molecule has 0 saturated heterocycles. The van der Waals surface area contributed by atoms with Crippen molar-refractivity contribution in [2.75, 3.05) is 11.9 Å².